The van der Waals surface area contributed by atoms with Gasteiger partial charge in [-0.25, -0.2) is 0 Å². The van der Waals surface area contributed by atoms with E-state index in [0.29, 0.717) is 11.1 Å². The van der Waals surface area contributed by atoms with Crippen LogP contribution in [0.2, 0.25) is 0 Å². The molecule has 2 rings (SSSR count). The summed E-state index contributed by atoms with van der Waals surface area (Å²) in [6.07, 6.45) is 3.03. The van der Waals surface area contributed by atoms with Gasteiger partial charge in [-0.05, 0) is 23.8 Å². The molecule has 0 radical (unpaired) electrons. The first kappa shape index (κ1) is 13.0. The summed E-state index contributed by atoms with van der Waals surface area (Å²) in [7, 11) is 0. The van der Waals surface area contributed by atoms with Crippen molar-refractivity contribution >= 4 is 17.5 Å². The highest BCUT2D eigenvalue weighted by Gasteiger charge is 1.99. The van der Waals surface area contributed by atoms with E-state index in [9.17, 15) is 10.0 Å². The van der Waals surface area contributed by atoms with Crippen LogP contribution in [0, 0.1) is 5.21 Å². The molecule has 0 saturated heterocycles. The molecule has 0 fully saturated rings. The molecule has 4 heteroatoms. The lowest BCUT2D eigenvalue weighted by atomic mass is 10.1. The van der Waals surface area contributed by atoms with E-state index in [1.807, 2.05) is 6.07 Å². The van der Waals surface area contributed by atoms with Gasteiger partial charge in [0, 0.05) is 5.56 Å². The molecule has 0 saturated carbocycles. The van der Waals surface area contributed by atoms with E-state index in [1.54, 1.807) is 42.5 Å². The molecule has 2 aromatic carbocycles. The topological polar surface area (TPSA) is 63.6 Å². The van der Waals surface area contributed by atoms with Gasteiger partial charge in [0.15, 0.2) is 5.78 Å². The molecule has 0 atom stereocenters. The van der Waals surface area contributed by atoms with Crippen LogP contribution < -0.4 is 5.23 Å². The van der Waals surface area contributed by atoms with Crippen molar-refractivity contribution in [3.63, 3.8) is 0 Å². The van der Waals surface area contributed by atoms with Gasteiger partial charge in [-0.1, -0.05) is 48.5 Å². The second-order valence-electron chi connectivity index (χ2n) is 3.93. The van der Waals surface area contributed by atoms with Gasteiger partial charge >= 0.3 is 0 Å². The van der Waals surface area contributed by atoms with Gasteiger partial charge in [-0.2, -0.15) is 0 Å². The number of benzene rings is 2. The third-order valence-electron chi connectivity index (χ3n) is 2.58. The van der Waals surface area contributed by atoms with Gasteiger partial charge in [0.2, 0.25) is 0 Å². The Balaban J connectivity index is 2.15. The summed E-state index contributed by atoms with van der Waals surface area (Å²) in [5.41, 5.74) is 1.38. The first-order chi connectivity index (χ1) is 9.16. The summed E-state index contributed by atoms with van der Waals surface area (Å²) in [4.78, 5) is 11.8. The molecule has 0 amide bonds. The van der Waals surface area contributed by atoms with Gasteiger partial charge in [-0.3, -0.25) is 10.0 Å². The molecule has 0 heterocycles. The Bertz CT molecular complexity index is 591. The van der Waals surface area contributed by atoms with Crippen LogP contribution >= 0.6 is 0 Å². The Morgan fingerprint density at radius 2 is 1.84 bits per heavy atom. The molecule has 0 aliphatic heterocycles. The smallest absolute Gasteiger partial charge is 0.185 e. The van der Waals surface area contributed by atoms with Crippen LogP contribution in [-0.2, 0) is 0 Å². The van der Waals surface area contributed by atoms with Crippen molar-refractivity contribution in [3.05, 3.63) is 77.0 Å². The number of allylic oxidation sites excluding steroid dienone is 1. The Morgan fingerprint density at radius 3 is 2.53 bits per heavy atom. The maximum absolute atomic E-state index is 11.8. The number of anilines is 1. The fourth-order valence-corrected chi connectivity index (χ4v) is 1.62. The molecular weight excluding hydrogens is 242 g/mol. The Hall–Kier alpha value is -2.43. The largest absolute Gasteiger partial charge is 0.733 e. The fourth-order valence-electron chi connectivity index (χ4n) is 1.62. The minimum absolute atomic E-state index is 0.117. The van der Waals surface area contributed by atoms with Crippen molar-refractivity contribution in [2.24, 2.45) is 0 Å². The number of ketones is 1. The number of hydrogen-bond acceptors (Lipinski definition) is 4. The van der Waals surface area contributed by atoms with Crippen molar-refractivity contribution < 1.29 is 10.0 Å². The summed E-state index contributed by atoms with van der Waals surface area (Å²) >= 11 is 0. The van der Waals surface area contributed by atoms with Crippen LogP contribution in [0.3, 0.4) is 0 Å². The molecule has 0 unspecified atom stereocenters. The van der Waals surface area contributed by atoms with E-state index in [1.165, 1.54) is 18.2 Å². The number of carbonyl (C=O) groups excluding carboxylic acids is 1. The van der Waals surface area contributed by atoms with Crippen LogP contribution in [-0.4, -0.2) is 11.0 Å². The monoisotopic (exact) mass is 254 g/mol. The maximum Gasteiger partial charge on any atom is 0.185 e. The molecule has 4 nitrogen and oxygen atoms in total. The zero-order valence-corrected chi connectivity index (χ0v) is 10.1. The van der Waals surface area contributed by atoms with Gasteiger partial charge in [0.05, 0.1) is 5.69 Å². The van der Waals surface area contributed by atoms with E-state index in [-0.39, 0.29) is 16.7 Å². The van der Waals surface area contributed by atoms with Gasteiger partial charge in [0.25, 0.3) is 0 Å². The number of hydrogen-bond donors (Lipinski definition) is 1. The normalized spacial score (nSPS) is 10.6. The first-order valence-corrected chi connectivity index (χ1v) is 5.70. The Labute approximate surface area is 110 Å². The van der Waals surface area contributed by atoms with Crippen molar-refractivity contribution in [2.45, 2.75) is 0 Å². The second kappa shape index (κ2) is 5.95. The predicted octanol–water partition coefficient (Wildman–Crippen LogP) is 3.28. The Morgan fingerprint density at radius 1 is 1.11 bits per heavy atom. The molecule has 0 aliphatic rings. The van der Waals surface area contributed by atoms with Crippen LogP contribution in [0.25, 0.3) is 6.08 Å². The fraction of sp³-hybridized carbons (Fsp3) is 0. The summed E-state index contributed by atoms with van der Waals surface area (Å²) < 4.78 is 0. The SMILES string of the molecule is O=C(C=Cc1cccc(N([O-])O)c1)c1ccccc1. The lowest BCUT2D eigenvalue weighted by Crippen LogP contribution is -2.06. The molecule has 0 spiro atoms. The predicted molar refractivity (Wildman–Crippen MR) is 73.9 cm³/mol. The van der Waals surface area contributed by atoms with Crippen LogP contribution in [0.5, 0.6) is 0 Å². The zero-order chi connectivity index (χ0) is 13.7. The van der Waals surface area contributed by atoms with Gasteiger partial charge in [-0.15, -0.1) is 0 Å². The van der Waals surface area contributed by atoms with Crippen LogP contribution in [0.15, 0.2) is 60.7 Å². The number of nitrogens with zero attached hydrogens (tertiary/aromatic N) is 1. The first-order valence-electron chi connectivity index (χ1n) is 5.70. The van der Waals surface area contributed by atoms with Crippen molar-refractivity contribution in [1.29, 1.82) is 0 Å². The maximum atomic E-state index is 11.8. The minimum Gasteiger partial charge on any atom is -0.733 e. The van der Waals surface area contributed by atoms with E-state index in [2.05, 4.69) is 0 Å². The molecule has 19 heavy (non-hydrogen) atoms. The van der Waals surface area contributed by atoms with E-state index in [0.717, 1.165) is 0 Å². The molecule has 2 aromatic rings. The molecule has 0 bridgehead atoms. The lowest BCUT2D eigenvalue weighted by molar-refractivity contribution is 0.104. The van der Waals surface area contributed by atoms with Crippen molar-refractivity contribution in [3.8, 4) is 0 Å². The average Bonchev–Trinajstić information content (AvgIpc) is 2.46. The van der Waals surface area contributed by atoms with Crippen molar-refractivity contribution in [2.75, 3.05) is 5.23 Å². The third-order valence-corrected chi connectivity index (χ3v) is 2.58. The number of rotatable bonds is 4. The molecule has 0 aliphatic carbocycles. The molecule has 1 N–H and O–H groups in total. The van der Waals surface area contributed by atoms with Crippen molar-refractivity contribution in [1.82, 2.24) is 0 Å². The average molecular weight is 254 g/mol. The van der Waals surface area contributed by atoms with E-state index >= 15 is 0 Å². The van der Waals surface area contributed by atoms with Gasteiger partial charge < -0.3 is 10.4 Å². The third kappa shape index (κ3) is 3.51. The van der Waals surface area contributed by atoms with Crippen LogP contribution in [0.1, 0.15) is 15.9 Å². The molecule has 0 aromatic heterocycles. The quantitative estimate of drug-likeness (QED) is 0.516. The van der Waals surface area contributed by atoms with E-state index < -0.39 is 0 Å². The van der Waals surface area contributed by atoms with Crippen LogP contribution in [0.4, 0.5) is 5.69 Å². The highest BCUT2D eigenvalue weighted by atomic mass is 16.8. The summed E-state index contributed by atoms with van der Waals surface area (Å²) in [5, 5.41) is 19.3. The van der Waals surface area contributed by atoms with E-state index in [4.69, 9.17) is 5.21 Å². The lowest BCUT2D eigenvalue weighted by Gasteiger charge is -2.21. The zero-order valence-electron chi connectivity index (χ0n) is 10.1. The number of carbonyl (C=O) groups is 1. The Kier molecular flexibility index (Phi) is 4.07. The second-order valence-corrected chi connectivity index (χ2v) is 3.93. The van der Waals surface area contributed by atoms with Gasteiger partial charge in [0.1, 0.15) is 0 Å². The summed E-state index contributed by atoms with van der Waals surface area (Å²) in [5.74, 6) is -0.117. The summed E-state index contributed by atoms with van der Waals surface area (Å²) in [6.45, 7) is 0. The molecule has 96 valence electrons. The standard InChI is InChI=1S/C15H12NO3/c17-15(13-6-2-1-3-7-13)10-9-12-5-4-8-14(11-12)16(18)19/h1-11,18H/q-1. The molecular formula is C15H12NO3-. The highest BCUT2D eigenvalue weighted by Crippen LogP contribution is 2.15. The highest BCUT2D eigenvalue weighted by molar-refractivity contribution is 6.06. The summed E-state index contributed by atoms with van der Waals surface area (Å²) in [6, 6.07) is 15.2. The minimum atomic E-state index is -0.212.